The first-order valence-electron chi connectivity index (χ1n) is 13.8. The van der Waals surface area contributed by atoms with Crippen LogP contribution in [0.3, 0.4) is 0 Å². The minimum absolute atomic E-state index is 0.398. The molecule has 2 aromatic carbocycles. The van der Waals surface area contributed by atoms with E-state index in [1.54, 1.807) is 0 Å². The molecule has 3 aromatic rings. The Labute approximate surface area is 235 Å². The first-order chi connectivity index (χ1) is 19.3. The summed E-state index contributed by atoms with van der Waals surface area (Å²) in [5.74, 6) is 0.848. The van der Waals surface area contributed by atoms with E-state index in [2.05, 4.69) is 111 Å². The quantitative estimate of drug-likeness (QED) is 0.450. The van der Waals surface area contributed by atoms with Crippen molar-refractivity contribution in [2.45, 2.75) is 51.7 Å². The van der Waals surface area contributed by atoms with Gasteiger partial charge in [0.2, 0.25) is 0 Å². The van der Waals surface area contributed by atoms with E-state index < -0.39 is 18.3 Å². The first kappa shape index (κ1) is 26.1. The molecular formula is C34H32BN3O2. The average Bonchev–Trinajstić information content (AvgIpc) is 3.48. The summed E-state index contributed by atoms with van der Waals surface area (Å²) in [5, 5.41) is 11.5. The summed E-state index contributed by atoms with van der Waals surface area (Å²) in [6.07, 6.45) is 18.6. The van der Waals surface area contributed by atoms with Crippen molar-refractivity contribution in [1.82, 2.24) is 9.55 Å². The molecule has 2 heterocycles. The Hall–Kier alpha value is -4.18. The number of hydrogen-bond acceptors (Lipinski definition) is 4. The van der Waals surface area contributed by atoms with Gasteiger partial charge in [-0.3, -0.25) is 4.57 Å². The van der Waals surface area contributed by atoms with E-state index in [4.69, 9.17) is 14.3 Å². The molecule has 0 radical (unpaired) electrons. The van der Waals surface area contributed by atoms with Crippen molar-refractivity contribution in [2.75, 3.05) is 0 Å². The topological polar surface area (TPSA) is 60.1 Å². The van der Waals surface area contributed by atoms with Gasteiger partial charge in [-0.2, -0.15) is 5.26 Å². The zero-order valence-electron chi connectivity index (χ0n) is 23.4. The molecule has 0 unspecified atom stereocenters. The third-order valence-electron chi connectivity index (χ3n) is 8.20. The summed E-state index contributed by atoms with van der Waals surface area (Å²) < 4.78 is 14.8. The average molecular weight is 525 g/mol. The maximum absolute atomic E-state index is 9.42. The summed E-state index contributed by atoms with van der Waals surface area (Å²) in [6, 6.07) is 18.3. The van der Waals surface area contributed by atoms with E-state index in [0.717, 1.165) is 46.1 Å². The molecule has 40 heavy (non-hydrogen) atoms. The van der Waals surface area contributed by atoms with Crippen LogP contribution in [0, 0.1) is 11.3 Å². The van der Waals surface area contributed by atoms with Gasteiger partial charge in [-0.05, 0) is 81.4 Å². The Bertz CT molecular complexity index is 1730. The van der Waals surface area contributed by atoms with Crippen molar-refractivity contribution in [2.24, 2.45) is 0 Å². The van der Waals surface area contributed by atoms with E-state index in [1.165, 1.54) is 11.1 Å². The van der Waals surface area contributed by atoms with E-state index in [-0.39, 0.29) is 0 Å². The molecule has 0 bridgehead atoms. The molecule has 0 amide bonds. The molecule has 198 valence electrons. The molecule has 1 aliphatic heterocycles. The molecular weight excluding hydrogens is 493 g/mol. The van der Waals surface area contributed by atoms with Crippen LogP contribution in [-0.2, 0) is 9.31 Å². The second-order valence-corrected chi connectivity index (χ2v) is 11.4. The standard InChI is InChI=1S/C34H32BN3O2/c1-33(2)34(3,4)40-35(39-33)28-19-17-27(18-20-28)32-37-30(25-11-7-5-8-12-25)31(26-13-9-6-10-14-26)38(32)29-21-15-24(23-36)16-22-29/h5-11,13,15-22H,12,14H2,1-4H3. The number of hydrogen-bond donors (Lipinski definition) is 0. The second-order valence-electron chi connectivity index (χ2n) is 11.4. The normalized spacial score (nSPS) is 21.6. The van der Waals surface area contributed by atoms with Gasteiger partial charge in [0.05, 0.1) is 33.5 Å². The molecule has 0 atom stereocenters. The van der Waals surface area contributed by atoms with Crippen LogP contribution in [0.1, 0.15) is 46.1 Å². The van der Waals surface area contributed by atoms with Crippen LogP contribution in [0.15, 0.2) is 97.1 Å². The third kappa shape index (κ3) is 4.62. The third-order valence-corrected chi connectivity index (χ3v) is 8.20. The monoisotopic (exact) mass is 525 g/mol. The molecule has 0 saturated carbocycles. The zero-order chi connectivity index (χ0) is 27.9. The molecule has 5 nitrogen and oxygen atoms in total. The number of imidazole rings is 1. The van der Waals surface area contributed by atoms with Crippen LogP contribution in [0.4, 0.5) is 0 Å². The summed E-state index contributed by atoms with van der Waals surface area (Å²) in [6.45, 7) is 8.27. The van der Waals surface area contributed by atoms with Crippen molar-refractivity contribution in [3.63, 3.8) is 0 Å². The van der Waals surface area contributed by atoms with Crippen molar-refractivity contribution >= 4 is 23.7 Å². The largest absolute Gasteiger partial charge is 0.494 e. The van der Waals surface area contributed by atoms with E-state index in [1.807, 2.05) is 24.3 Å². The lowest BCUT2D eigenvalue weighted by Gasteiger charge is -2.32. The number of allylic oxidation sites excluding steroid dienone is 8. The zero-order valence-corrected chi connectivity index (χ0v) is 23.4. The highest BCUT2D eigenvalue weighted by Gasteiger charge is 2.51. The van der Waals surface area contributed by atoms with Gasteiger partial charge in [-0.1, -0.05) is 72.9 Å². The van der Waals surface area contributed by atoms with Crippen molar-refractivity contribution in [3.05, 3.63) is 113 Å². The first-order valence-corrected chi connectivity index (χ1v) is 13.8. The van der Waals surface area contributed by atoms with Gasteiger partial charge >= 0.3 is 7.12 Å². The number of aromatic nitrogens is 2. The van der Waals surface area contributed by atoms with Gasteiger partial charge in [0.15, 0.2) is 0 Å². The van der Waals surface area contributed by atoms with Gasteiger partial charge in [0.1, 0.15) is 5.82 Å². The van der Waals surface area contributed by atoms with E-state index in [0.29, 0.717) is 5.56 Å². The van der Waals surface area contributed by atoms with Crippen LogP contribution in [0.5, 0.6) is 0 Å². The number of nitriles is 1. The van der Waals surface area contributed by atoms with E-state index in [9.17, 15) is 5.26 Å². The van der Waals surface area contributed by atoms with Crippen LogP contribution < -0.4 is 16.2 Å². The van der Waals surface area contributed by atoms with Crippen LogP contribution >= 0.6 is 0 Å². The van der Waals surface area contributed by atoms with Gasteiger partial charge in [0, 0.05) is 11.3 Å². The van der Waals surface area contributed by atoms with Gasteiger partial charge in [0.25, 0.3) is 0 Å². The highest BCUT2D eigenvalue weighted by molar-refractivity contribution is 6.62. The molecule has 0 N–H and O–H groups in total. The molecule has 1 fully saturated rings. The number of nitrogens with zero attached hydrogens (tertiary/aromatic N) is 3. The Morgan fingerprint density at radius 1 is 0.800 bits per heavy atom. The Balaban J connectivity index is 1.56. The smallest absolute Gasteiger partial charge is 0.399 e. The maximum atomic E-state index is 9.42. The van der Waals surface area contributed by atoms with Crippen molar-refractivity contribution in [1.29, 1.82) is 5.26 Å². The van der Waals surface area contributed by atoms with Gasteiger partial charge in [-0.25, -0.2) is 4.98 Å². The van der Waals surface area contributed by atoms with Crippen molar-refractivity contribution < 1.29 is 9.31 Å². The molecule has 3 aliphatic rings. The lowest BCUT2D eigenvalue weighted by atomic mass is 9.79. The molecule has 1 aromatic heterocycles. The van der Waals surface area contributed by atoms with Crippen molar-refractivity contribution in [3.8, 4) is 23.1 Å². The molecule has 1 saturated heterocycles. The van der Waals surface area contributed by atoms with Gasteiger partial charge in [-0.15, -0.1) is 0 Å². The van der Waals surface area contributed by atoms with Crippen LogP contribution in [0.25, 0.3) is 28.2 Å². The summed E-state index contributed by atoms with van der Waals surface area (Å²) >= 11 is 0. The lowest BCUT2D eigenvalue weighted by Crippen LogP contribution is -2.41. The minimum atomic E-state index is -0.423. The number of benzene rings is 2. The summed E-state index contributed by atoms with van der Waals surface area (Å²) in [7, 11) is -0.423. The second kappa shape index (κ2) is 10.1. The fourth-order valence-corrected chi connectivity index (χ4v) is 5.22. The molecule has 6 heteroatoms. The Morgan fingerprint density at radius 3 is 1.95 bits per heavy atom. The summed E-state index contributed by atoms with van der Waals surface area (Å²) in [5.41, 5.74) is 5.13. The van der Waals surface area contributed by atoms with E-state index >= 15 is 0 Å². The number of rotatable bonds is 3. The predicted octanol–water partition coefficient (Wildman–Crippen LogP) is 5.04. The Morgan fingerprint density at radius 2 is 1.40 bits per heavy atom. The van der Waals surface area contributed by atoms with Crippen LogP contribution in [-0.4, -0.2) is 27.9 Å². The SMILES string of the molecule is CC1(C)OB(c2ccc(-c3nc(=C4C=CC=CC4)c(=C4C=CC=CC4)n3-c3ccc(C#N)cc3)cc2)OC1(C)C. The molecule has 2 aliphatic carbocycles. The molecule has 0 spiro atoms. The highest BCUT2D eigenvalue weighted by atomic mass is 16.7. The molecule has 6 rings (SSSR count). The lowest BCUT2D eigenvalue weighted by molar-refractivity contribution is 0.00578. The maximum Gasteiger partial charge on any atom is 0.494 e. The Kier molecular flexibility index (Phi) is 6.58. The highest BCUT2D eigenvalue weighted by Crippen LogP contribution is 2.36. The fourth-order valence-electron chi connectivity index (χ4n) is 5.22. The summed E-state index contributed by atoms with van der Waals surface area (Å²) in [4.78, 5) is 5.31. The fraction of sp³-hybridized carbons (Fsp3) is 0.235. The predicted molar refractivity (Wildman–Crippen MR) is 161 cm³/mol. The van der Waals surface area contributed by atoms with Crippen LogP contribution in [0.2, 0.25) is 0 Å². The minimum Gasteiger partial charge on any atom is -0.399 e. The van der Waals surface area contributed by atoms with Gasteiger partial charge < -0.3 is 9.31 Å².